The van der Waals surface area contributed by atoms with Gasteiger partial charge in [-0.3, -0.25) is 0 Å². The van der Waals surface area contributed by atoms with Gasteiger partial charge in [0.1, 0.15) is 17.3 Å². The third kappa shape index (κ3) is 3.03. The Bertz CT molecular complexity index is 572. The van der Waals surface area contributed by atoms with Crippen LogP contribution in [0.15, 0.2) is 36.4 Å². The number of ether oxygens (including phenoxy) is 1. The summed E-state index contributed by atoms with van der Waals surface area (Å²) >= 11 is 9.43. The summed E-state index contributed by atoms with van der Waals surface area (Å²) in [5.41, 5.74) is 1.86. The fourth-order valence-corrected chi connectivity index (χ4v) is 2.40. The van der Waals surface area contributed by atoms with Crippen molar-refractivity contribution in [2.24, 2.45) is 0 Å². The average molecular weight is 330 g/mol. The van der Waals surface area contributed by atoms with E-state index in [-0.39, 0.29) is 5.82 Å². The first-order chi connectivity index (χ1) is 8.60. The van der Waals surface area contributed by atoms with Crippen LogP contribution in [-0.4, -0.2) is 0 Å². The van der Waals surface area contributed by atoms with Gasteiger partial charge >= 0.3 is 0 Å². The van der Waals surface area contributed by atoms with Gasteiger partial charge in [0, 0.05) is 16.4 Å². The molecule has 0 aliphatic heterocycles. The molecule has 0 amide bonds. The second kappa shape index (κ2) is 5.72. The van der Waals surface area contributed by atoms with Crippen molar-refractivity contribution in [2.45, 2.75) is 12.3 Å². The van der Waals surface area contributed by atoms with E-state index in [2.05, 4.69) is 15.9 Å². The summed E-state index contributed by atoms with van der Waals surface area (Å²) < 4.78 is 18.8. The van der Waals surface area contributed by atoms with E-state index in [0.29, 0.717) is 21.9 Å². The topological polar surface area (TPSA) is 9.23 Å². The Hall–Kier alpha value is -1.06. The summed E-state index contributed by atoms with van der Waals surface area (Å²) in [6, 6.07) is 9.86. The van der Waals surface area contributed by atoms with Gasteiger partial charge < -0.3 is 4.74 Å². The summed E-state index contributed by atoms with van der Waals surface area (Å²) in [5.74, 6) is 0.773. The third-order valence-electron chi connectivity index (χ3n) is 2.55. The van der Waals surface area contributed by atoms with Crippen LogP contribution in [0.4, 0.5) is 4.39 Å². The molecule has 0 radical (unpaired) electrons. The zero-order valence-corrected chi connectivity index (χ0v) is 12.1. The average Bonchev–Trinajstić information content (AvgIpc) is 2.34. The van der Waals surface area contributed by atoms with Crippen molar-refractivity contribution in [3.63, 3.8) is 0 Å². The van der Waals surface area contributed by atoms with Crippen LogP contribution in [0.25, 0.3) is 0 Å². The van der Waals surface area contributed by atoms with Crippen molar-refractivity contribution >= 4 is 27.5 Å². The number of benzene rings is 2. The highest BCUT2D eigenvalue weighted by Gasteiger charge is 2.06. The predicted molar refractivity (Wildman–Crippen MR) is 75.3 cm³/mol. The fraction of sp³-hybridized carbons (Fsp3) is 0.143. The Morgan fingerprint density at radius 2 is 2.00 bits per heavy atom. The SMILES string of the molecule is Cc1ccc(F)cc1Oc1ccc(CBr)c(Cl)c1. The van der Waals surface area contributed by atoms with Gasteiger partial charge in [0.05, 0.1) is 0 Å². The van der Waals surface area contributed by atoms with Crippen molar-refractivity contribution in [3.05, 3.63) is 58.4 Å². The van der Waals surface area contributed by atoms with Gasteiger partial charge in [0.15, 0.2) is 0 Å². The molecule has 18 heavy (non-hydrogen) atoms. The Morgan fingerprint density at radius 3 is 2.67 bits per heavy atom. The van der Waals surface area contributed by atoms with Gasteiger partial charge in [0.25, 0.3) is 0 Å². The molecule has 0 aromatic heterocycles. The van der Waals surface area contributed by atoms with Crippen molar-refractivity contribution in [2.75, 3.05) is 0 Å². The molecule has 0 saturated carbocycles. The lowest BCUT2D eigenvalue weighted by Crippen LogP contribution is -1.90. The van der Waals surface area contributed by atoms with Crippen molar-refractivity contribution in [3.8, 4) is 11.5 Å². The second-order valence-corrected chi connectivity index (χ2v) is 4.87. The summed E-state index contributed by atoms with van der Waals surface area (Å²) in [6.45, 7) is 1.86. The zero-order valence-electron chi connectivity index (χ0n) is 9.71. The van der Waals surface area contributed by atoms with E-state index in [0.717, 1.165) is 11.1 Å². The van der Waals surface area contributed by atoms with E-state index in [9.17, 15) is 4.39 Å². The number of halogens is 3. The maximum absolute atomic E-state index is 13.1. The number of hydrogen-bond donors (Lipinski definition) is 0. The van der Waals surface area contributed by atoms with Crippen LogP contribution < -0.4 is 4.74 Å². The molecule has 0 bridgehead atoms. The van der Waals surface area contributed by atoms with Gasteiger partial charge in [0.2, 0.25) is 0 Å². The minimum atomic E-state index is -0.321. The maximum atomic E-state index is 13.1. The number of hydrogen-bond acceptors (Lipinski definition) is 1. The summed E-state index contributed by atoms with van der Waals surface area (Å²) in [5, 5.41) is 1.31. The largest absolute Gasteiger partial charge is 0.457 e. The van der Waals surface area contributed by atoms with Crippen LogP contribution in [0.2, 0.25) is 5.02 Å². The van der Waals surface area contributed by atoms with Crippen LogP contribution in [-0.2, 0) is 5.33 Å². The molecule has 0 unspecified atom stereocenters. The minimum Gasteiger partial charge on any atom is -0.457 e. The van der Waals surface area contributed by atoms with Gasteiger partial charge in [-0.2, -0.15) is 0 Å². The molecule has 4 heteroatoms. The monoisotopic (exact) mass is 328 g/mol. The van der Waals surface area contributed by atoms with Gasteiger partial charge in [-0.05, 0) is 36.2 Å². The van der Waals surface area contributed by atoms with Crippen molar-refractivity contribution < 1.29 is 9.13 Å². The minimum absolute atomic E-state index is 0.321. The lowest BCUT2D eigenvalue weighted by molar-refractivity contribution is 0.473. The molecule has 0 N–H and O–H groups in total. The molecular weight excluding hydrogens is 319 g/mol. The maximum Gasteiger partial charge on any atom is 0.133 e. The number of rotatable bonds is 3. The molecule has 0 aliphatic rings. The van der Waals surface area contributed by atoms with E-state index in [1.165, 1.54) is 12.1 Å². The lowest BCUT2D eigenvalue weighted by atomic mass is 10.2. The molecule has 0 atom stereocenters. The first kappa shape index (κ1) is 13.4. The van der Waals surface area contributed by atoms with Gasteiger partial charge in [-0.1, -0.05) is 39.7 Å². The Balaban J connectivity index is 2.28. The second-order valence-electron chi connectivity index (χ2n) is 3.90. The smallest absolute Gasteiger partial charge is 0.133 e. The van der Waals surface area contributed by atoms with Gasteiger partial charge in [-0.15, -0.1) is 0 Å². The Morgan fingerprint density at radius 1 is 1.22 bits per heavy atom. The first-order valence-corrected chi connectivity index (χ1v) is 6.88. The molecule has 0 aliphatic carbocycles. The molecule has 2 aromatic rings. The number of alkyl halides is 1. The summed E-state index contributed by atoms with van der Waals surface area (Å²) in [4.78, 5) is 0. The molecule has 0 fully saturated rings. The van der Waals surface area contributed by atoms with E-state index in [1.54, 1.807) is 12.1 Å². The number of aryl methyl sites for hydroxylation is 1. The fourth-order valence-electron chi connectivity index (χ4n) is 1.51. The zero-order chi connectivity index (χ0) is 13.1. The summed E-state index contributed by atoms with van der Waals surface area (Å²) in [7, 11) is 0. The van der Waals surface area contributed by atoms with E-state index < -0.39 is 0 Å². The first-order valence-electron chi connectivity index (χ1n) is 5.38. The highest BCUT2D eigenvalue weighted by Crippen LogP contribution is 2.29. The van der Waals surface area contributed by atoms with Crippen molar-refractivity contribution in [1.29, 1.82) is 0 Å². The molecule has 0 spiro atoms. The van der Waals surface area contributed by atoms with Crippen LogP contribution in [0, 0.1) is 12.7 Å². The molecule has 2 aromatic carbocycles. The third-order valence-corrected chi connectivity index (χ3v) is 3.50. The van der Waals surface area contributed by atoms with Crippen LogP contribution >= 0.6 is 27.5 Å². The molecule has 2 rings (SSSR count). The Labute approximate surface area is 119 Å². The van der Waals surface area contributed by atoms with E-state index in [4.69, 9.17) is 16.3 Å². The van der Waals surface area contributed by atoms with Gasteiger partial charge in [-0.25, -0.2) is 4.39 Å². The predicted octanol–water partition coefficient (Wildman–Crippen LogP) is 5.47. The van der Waals surface area contributed by atoms with Crippen LogP contribution in [0.3, 0.4) is 0 Å². The molecule has 0 saturated heterocycles. The molecular formula is C14H11BrClFO. The normalized spacial score (nSPS) is 10.4. The lowest BCUT2D eigenvalue weighted by Gasteiger charge is -2.10. The quantitative estimate of drug-likeness (QED) is 0.678. The van der Waals surface area contributed by atoms with Crippen LogP contribution in [0.5, 0.6) is 11.5 Å². The molecule has 0 heterocycles. The van der Waals surface area contributed by atoms with Crippen molar-refractivity contribution in [1.82, 2.24) is 0 Å². The summed E-state index contributed by atoms with van der Waals surface area (Å²) in [6.07, 6.45) is 0. The van der Waals surface area contributed by atoms with E-state index >= 15 is 0 Å². The molecule has 94 valence electrons. The van der Waals surface area contributed by atoms with Crippen LogP contribution in [0.1, 0.15) is 11.1 Å². The van der Waals surface area contributed by atoms with E-state index in [1.807, 2.05) is 19.1 Å². The highest BCUT2D eigenvalue weighted by atomic mass is 79.9. The molecule has 1 nitrogen and oxygen atoms in total. The Kier molecular flexibility index (Phi) is 4.25. The highest BCUT2D eigenvalue weighted by molar-refractivity contribution is 9.08. The standard InChI is InChI=1S/C14H11BrClFO/c1-9-2-4-11(17)6-14(9)18-12-5-3-10(8-15)13(16)7-12/h2-7H,8H2,1H3.